The number of hydrogen-bond donors (Lipinski definition) is 1. The molecule has 0 aromatic carbocycles. The maximum absolute atomic E-state index is 5.48. The second kappa shape index (κ2) is 8.11. The van der Waals surface area contributed by atoms with Crippen molar-refractivity contribution in [3.8, 4) is 0 Å². The van der Waals surface area contributed by atoms with Crippen LogP contribution in [-0.2, 0) is 4.74 Å². The molecule has 0 bridgehead atoms. The Morgan fingerprint density at radius 3 is 2.88 bits per heavy atom. The second-order valence-electron chi connectivity index (χ2n) is 3.96. The number of nitrogens with zero attached hydrogens (tertiary/aromatic N) is 1. The fourth-order valence-electron chi connectivity index (χ4n) is 1.37. The first-order valence-corrected chi connectivity index (χ1v) is 6.07. The summed E-state index contributed by atoms with van der Waals surface area (Å²) in [6, 6.07) is 4.05. The molecule has 0 spiro atoms. The maximum atomic E-state index is 5.48. The first kappa shape index (κ1) is 13.0. The van der Waals surface area contributed by atoms with Crippen LogP contribution in [0.2, 0.25) is 0 Å². The van der Waals surface area contributed by atoms with E-state index in [9.17, 15) is 0 Å². The van der Waals surface area contributed by atoms with Crippen LogP contribution in [0.4, 0.5) is 5.82 Å². The van der Waals surface area contributed by atoms with Gasteiger partial charge in [0.25, 0.3) is 0 Å². The van der Waals surface area contributed by atoms with Crippen LogP contribution >= 0.6 is 0 Å². The van der Waals surface area contributed by atoms with Crippen LogP contribution in [0.25, 0.3) is 0 Å². The van der Waals surface area contributed by atoms with Crippen molar-refractivity contribution >= 4 is 5.82 Å². The summed E-state index contributed by atoms with van der Waals surface area (Å²) in [4.78, 5) is 4.23. The summed E-state index contributed by atoms with van der Waals surface area (Å²) in [5, 5.41) is 3.29. The summed E-state index contributed by atoms with van der Waals surface area (Å²) >= 11 is 0. The van der Waals surface area contributed by atoms with Crippen LogP contribution in [-0.4, -0.2) is 24.7 Å². The van der Waals surface area contributed by atoms with E-state index in [4.69, 9.17) is 4.74 Å². The molecule has 1 N–H and O–H groups in total. The number of nitrogens with one attached hydrogen (secondary N) is 1. The lowest BCUT2D eigenvalue weighted by atomic mass is 10.3. The number of unbranched alkanes of at least 4 members (excludes halogenated alkanes) is 1. The molecule has 1 heterocycles. The molecule has 1 rings (SSSR count). The zero-order valence-corrected chi connectivity index (χ0v) is 10.3. The van der Waals surface area contributed by atoms with Crippen molar-refractivity contribution < 1.29 is 4.74 Å². The number of pyridine rings is 1. The highest BCUT2D eigenvalue weighted by atomic mass is 16.5. The molecule has 0 saturated heterocycles. The van der Waals surface area contributed by atoms with Gasteiger partial charge in [-0.2, -0.15) is 0 Å². The van der Waals surface area contributed by atoms with Crippen LogP contribution < -0.4 is 5.32 Å². The van der Waals surface area contributed by atoms with E-state index in [-0.39, 0.29) is 0 Å². The molecule has 1 aromatic heterocycles. The molecule has 0 unspecified atom stereocenters. The number of ether oxygens (including phenoxy) is 1. The summed E-state index contributed by atoms with van der Waals surface area (Å²) in [5.41, 5.74) is 1.23. The van der Waals surface area contributed by atoms with Gasteiger partial charge in [-0.05, 0) is 37.5 Å². The van der Waals surface area contributed by atoms with Crippen LogP contribution in [0.3, 0.4) is 0 Å². The Labute approximate surface area is 98.2 Å². The Morgan fingerprint density at radius 2 is 2.12 bits per heavy atom. The molecule has 0 aliphatic heterocycles. The summed E-state index contributed by atoms with van der Waals surface area (Å²) in [6.07, 6.45) is 5.22. The van der Waals surface area contributed by atoms with Gasteiger partial charge in [-0.1, -0.05) is 13.3 Å². The van der Waals surface area contributed by atoms with E-state index in [0.29, 0.717) is 0 Å². The highest BCUT2D eigenvalue weighted by Gasteiger charge is 1.93. The minimum absolute atomic E-state index is 0.832. The zero-order chi connectivity index (χ0) is 11.6. The van der Waals surface area contributed by atoms with E-state index in [2.05, 4.69) is 30.2 Å². The summed E-state index contributed by atoms with van der Waals surface area (Å²) in [6.45, 7) is 6.88. The predicted octanol–water partition coefficient (Wildman–Crippen LogP) is 3.01. The van der Waals surface area contributed by atoms with Crippen LogP contribution in [0.1, 0.15) is 31.7 Å². The third-order valence-electron chi connectivity index (χ3n) is 2.33. The molecular weight excluding hydrogens is 200 g/mol. The first-order chi connectivity index (χ1) is 7.83. The van der Waals surface area contributed by atoms with Gasteiger partial charge in [0, 0.05) is 26.0 Å². The third-order valence-corrected chi connectivity index (χ3v) is 2.33. The van der Waals surface area contributed by atoms with Crippen molar-refractivity contribution in [2.45, 2.75) is 33.1 Å². The van der Waals surface area contributed by atoms with E-state index in [1.165, 1.54) is 12.0 Å². The Bertz CT molecular complexity index is 289. The van der Waals surface area contributed by atoms with E-state index in [0.717, 1.165) is 38.4 Å². The average Bonchev–Trinajstić information content (AvgIpc) is 2.28. The van der Waals surface area contributed by atoms with Crippen molar-refractivity contribution in [2.75, 3.05) is 25.1 Å². The highest BCUT2D eigenvalue weighted by molar-refractivity contribution is 5.36. The molecule has 0 aliphatic rings. The van der Waals surface area contributed by atoms with Gasteiger partial charge in [-0.15, -0.1) is 0 Å². The number of aryl methyl sites for hydroxylation is 1. The van der Waals surface area contributed by atoms with Gasteiger partial charge in [-0.3, -0.25) is 0 Å². The first-order valence-electron chi connectivity index (χ1n) is 6.07. The summed E-state index contributed by atoms with van der Waals surface area (Å²) in [7, 11) is 0. The van der Waals surface area contributed by atoms with Crippen molar-refractivity contribution in [3.05, 3.63) is 23.9 Å². The lowest BCUT2D eigenvalue weighted by molar-refractivity contribution is 0.131. The van der Waals surface area contributed by atoms with Crippen molar-refractivity contribution in [2.24, 2.45) is 0 Å². The monoisotopic (exact) mass is 222 g/mol. The SMILES string of the molecule is CCCCOCCCNc1cc(C)ccn1. The second-order valence-corrected chi connectivity index (χ2v) is 3.96. The lowest BCUT2D eigenvalue weighted by Crippen LogP contribution is -2.07. The number of hydrogen-bond acceptors (Lipinski definition) is 3. The van der Waals surface area contributed by atoms with Crippen LogP contribution in [0.5, 0.6) is 0 Å². The van der Waals surface area contributed by atoms with E-state index in [1.54, 1.807) is 0 Å². The third kappa shape index (κ3) is 5.71. The van der Waals surface area contributed by atoms with Gasteiger partial charge in [-0.25, -0.2) is 4.98 Å². The topological polar surface area (TPSA) is 34.1 Å². The van der Waals surface area contributed by atoms with Gasteiger partial charge in [0.1, 0.15) is 5.82 Å². The van der Waals surface area contributed by atoms with Crippen molar-refractivity contribution in [3.63, 3.8) is 0 Å². The molecule has 0 saturated carbocycles. The van der Waals surface area contributed by atoms with Crippen molar-refractivity contribution in [1.29, 1.82) is 0 Å². The van der Waals surface area contributed by atoms with Crippen LogP contribution in [0.15, 0.2) is 18.3 Å². The predicted molar refractivity (Wildman–Crippen MR) is 67.8 cm³/mol. The molecule has 90 valence electrons. The number of anilines is 1. The number of rotatable bonds is 8. The Morgan fingerprint density at radius 1 is 1.31 bits per heavy atom. The molecular formula is C13H22N2O. The van der Waals surface area contributed by atoms with E-state index < -0.39 is 0 Å². The molecule has 3 nitrogen and oxygen atoms in total. The van der Waals surface area contributed by atoms with Gasteiger partial charge in [0.2, 0.25) is 0 Å². The van der Waals surface area contributed by atoms with E-state index in [1.807, 2.05) is 12.3 Å². The molecule has 0 amide bonds. The minimum Gasteiger partial charge on any atom is -0.381 e. The molecule has 16 heavy (non-hydrogen) atoms. The van der Waals surface area contributed by atoms with Gasteiger partial charge in [0.05, 0.1) is 0 Å². The van der Waals surface area contributed by atoms with Gasteiger partial charge < -0.3 is 10.1 Å². The molecule has 3 heteroatoms. The van der Waals surface area contributed by atoms with E-state index >= 15 is 0 Å². The molecule has 0 atom stereocenters. The Hall–Kier alpha value is -1.09. The summed E-state index contributed by atoms with van der Waals surface area (Å²) < 4.78 is 5.48. The lowest BCUT2D eigenvalue weighted by Gasteiger charge is -2.06. The van der Waals surface area contributed by atoms with Crippen molar-refractivity contribution in [1.82, 2.24) is 4.98 Å². The maximum Gasteiger partial charge on any atom is 0.126 e. The summed E-state index contributed by atoms with van der Waals surface area (Å²) in [5.74, 6) is 0.952. The molecule has 1 aromatic rings. The molecule has 0 fully saturated rings. The fraction of sp³-hybridized carbons (Fsp3) is 0.615. The quantitative estimate of drug-likeness (QED) is 0.686. The average molecular weight is 222 g/mol. The smallest absolute Gasteiger partial charge is 0.126 e. The standard InChI is InChI=1S/C13H22N2O/c1-3-4-9-16-10-5-7-14-13-11-12(2)6-8-15-13/h6,8,11H,3-5,7,9-10H2,1-2H3,(H,14,15). The van der Waals surface area contributed by atoms with Crippen LogP contribution in [0, 0.1) is 6.92 Å². The highest BCUT2D eigenvalue weighted by Crippen LogP contribution is 2.04. The largest absolute Gasteiger partial charge is 0.381 e. The zero-order valence-electron chi connectivity index (χ0n) is 10.3. The number of aromatic nitrogens is 1. The van der Waals surface area contributed by atoms with Gasteiger partial charge in [0.15, 0.2) is 0 Å². The fourth-order valence-corrected chi connectivity index (χ4v) is 1.37. The molecule has 0 aliphatic carbocycles. The normalized spacial score (nSPS) is 10.4. The minimum atomic E-state index is 0.832. The molecule has 0 radical (unpaired) electrons. The Kier molecular flexibility index (Phi) is 6.58. The Balaban J connectivity index is 2.03. The van der Waals surface area contributed by atoms with Gasteiger partial charge >= 0.3 is 0 Å².